The molecule has 0 spiro atoms. The van der Waals surface area contributed by atoms with Crippen molar-refractivity contribution < 1.29 is 14.0 Å². The molecule has 132 valence electrons. The highest BCUT2D eigenvalue weighted by Gasteiger charge is 2.11. The third-order valence-corrected chi connectivity index (χ3v) is 3.99. The molecule has 2 N–H and O–H groups in total. The Hall–Kier alpha value is -2.11. The van der Waals surface area contributed by atoms with Crippen molar-refractivity contribution in [3.8, 4) is 0 Å². The van der Waals surface area contributed by atoms with Gasteiger partial charge < -0.3 is 10.6 Å². The molecule has 2 aromatic rings. The molecule has 25 heavy (non-hydrogen) atoms. The van der Waals surface area contributed by atoms with Crippen molar-refractivity contribution in [2.45, 2.75) is 12.8 Å². The zero-order chi connectivity index (χ0) is 18.2. The minimum absolute atomic E-state index is 0.0310. The molecule has 0 aliphatic heterocycles. The first-order valence-electron chi connectivity index (χ1n) is 7.70. The number of benzene rings is 2. The van der Waals surface area contributed by atoms with Gasteiger partial charge in [0.15, 0.2) is 0 Å². The molecule has 0 aromatic heterocycles. The second-order valence-corrected chi connectivity index (χ2v) is 6.20. The first-order valence-corrected chi connectivity index (χ1v) is 8.45. The highest BCUT2D eigenvalue weighted by Crippen LogP contribution is 2.16. The van der Waals surface area contributed by atoms with Gasteiger partial charge in [-0.25, -0.2) is 4.39 Å². The Balaban J connectivity index is 1.68. The van der Waals surface area contributed by atoms with Gasteiger partial charge in [0, 0.05) is 24.5 Å². The molecular formula is C18H17Cl2FN2O2. The quantitative estimate of drug-likeness (QED) is 0.768. The number of carbonyl (C=O) groups is 2. The van der Waals surface area contributed by atoms with E-state index in [0.29, 0.717) is 18.0 Å². The molecule has 4 nitrogen and oxygen atoms in total. The Morgan fingerprint density at radius 3 is 2.52 bits per heavy atom. The maximum Gasteiger partial charge on any atom is 0.252 e. The molecule has 2 aromatic carbocycles. The average Bonchev–Trinajstić information content (AvgIpc) is 2.54. The predicted molar refractivity (Wildman–Crippen MR) is 96.5 cm³/mol. The molecule has 2 amide bonds. The van der Waals surface area contributed by atoms with E-state index in [1.165, 1.54) is 6.07 Å². The lowest BCUT2D eigenvalue weighted by Crippen LogP contribution is -2.31. The molecule has 0 aliphatic carbocycles. The van der Waals surface area contributed by atoms with Crippen LogP contribution in [-0.4, -0.2) is 24.9 Å². The largest absolute Gasteiger partial charge is 0.356 e. The molecule has 7 heteroatoms. The molecule has 0 saturated carbocycles. The Kier molecular flexibility index (Phi) is 7.22. The Morgan fingerprint density at radius 1 is 1.00 bits per heavy atom. The van der Waals surface area contributed by atoms with Gasteiger partial charge in [0.05, 0.1) is 10.6 Å². The summed E-state index contributed by atoms with van der Waals surface area (Å²) in [4.78, 5) is 23.7. The van der Waals surface area contributed by atoms with Crippen LogP contribution in [0.1, 0.15) is 22.3 Å². The van der Waals surface area contributed by atoms with Crippen LogP contribution in [0.3, 0.4) is 0 Å². The normalized spacial score (nSPS) is 10.4. The summed E-state index contributed by atoms with van der Waals surface area (Å²) < 4.78 is 13.0. The summed E-state index contributed by atoms with van der Waals surface area (Å²) in [5, 5.41) is 6.04. The number of carbonyl (C=O) groups excluding carboxylic acids is 2. The van der Waals surface area contributed by atoms with Gasteiger partial charge in [-0.3, -0.25) is 9.59 Å². The second-order valence-electron chi connectivity index (χ2n) is 5.36. The molecule has 0 fully saturated rings. The summed E-state index contributed by atoms with van der Waals surface area (Å²) in [6, 6.07) is 11.0. The lowest BCUT2D eigenvalue weighted by molar-refractivity contribution is -0.120. The van der Waals surface area contributed by atoms with Crippen molar-refractivity contribution in [1.82, 2.24) is 10.6 Å². The van der Waals surface area contributed by atoms with Crippen LogP contribution in [0, 0.1) is 5.82 Å². The lowest BCUT2D eigenvalue weighted by atomic mass is 10.1. The number of rotatable bonds is 7. The van der Waals surface area contributed by atoms with Gasteiger partial charge in [0.2, 0.25) is 5.91 Å². The topological polar surface area (TPSA) is 58.2 Å². The van der Waals surface area contributed by atoms with Crippen LogP contribution in [-0.2, 0) is 11.2 Å². The van der Waals surface area contributed by atoms with Gasteiger partial charge in [0.1, 0.15) is 5.82 Å². The van der Waals surface area contributed by atoms with E-state index in [2.05, 4.69) is 10.6 Å². The van der Waals surface area contributed by atoms with Crippen LogP contribution in [0.5, 0.6) is 0 Å². The van der Waals surface area contributed by atoms with E-state index in [1.807, 2.05) is 18.2 Å². The highest BCUT2D eigenvalue weighted by atomic mass is 35.5. The summed E-state index contributed by atoms with van der Waals surface area (Å²) in [5.41, 5.74) is 1.21. The fraction of sp³-hybridized carbons (Fsp3) is 0.222. The van der Waals surface area contributed by atoms with Crippen LogP contribution in [0.15, 0.2) is 42.5 Å². The average molecular weight is 383 g/mol. The predicted octanol–water partition coefficient (Wildman–Crippen LogP) is 3.61. The van der Waals surface area contributed by atoms with Crippen molar-refractivity contribution in [3.63, 3.8) is 0 Å². The highest BCUT2D eigenvalue weighted by molar-refractivity contribution is 6.33. The van der Waals surface area contributed by atoms with E-state index in [1.54, 1.807) is 6.07 Å². The minimum atomic E-state index is -0.513. The molecule has 0 aliphatic rings. The summed E-state index contributed by atoms with van der Waals surface area (Å²) in [7, 11) is 0. The van der Waals surface area contributed by atoms with Gasteiger partial charge in [-0.2, -0.15) is 0 Å². The zero-order valence-electron chi connectivity index (χ0n) is 13.3. The molecule has 0 bridgehead atoms. The maximum atomic E-state index is 13.0. The van der Waals surface area contributed by atoms with Gasteiger partial charge >= 0.3 is 0 Å². The molecule has 2 rings (SSSR count). The molecule has 0 radical (unpaired) electrons. The molecule has 0 atom stereocenters. The fourth-order valence-corrected chi connectivity index (χ4v) is 2.65. The Labute approximate surface area is 155 Å². The van der Waals surface area contributed by atoms with E-state index in [-0.39, 0.29) is 29.5 Å². The number of amides is 2. The third kappa shape index (κ3) is 6.36. The molecule has 0 unspecified atom stereocenters. The van der Waals surface area contributed by atoms with Gasteiger partial charge in [-0.15, -0.1) is 0 Å². The van der Waals surface area contributed by atoms with Crippen molar-refractivity contribution >= 4 is 35.0 Å². The van der Waals surface area contributed by atoms with Gasteiger partial charge in [-0.1, -0.05) is 35.3 Å². The van der Waals surface area contributed by atoms with Crippen molar-refractivity contribution in [2.75, 3.05) is 13.1 Å². The van der Waals surface area contributed by atoms with E-state index in [0.717, 1.165) is 17.7 Å². The van der Waals surface area contributed by atoms with Gasteiger partial charge in [0.25, 0.3) is 5.91 Å². The molecular weight excluding hydrogens is 366 g/mol. The summed E-state index contributed by atoms with van der Waals surface area (Å²) >= 11 is 11.7. The van der Waals surface area contributed by atoms with Crippen molar-refractivity contribution in [2.24, 2.45) is 0 Å². The van der Waals surface area contributed by atoms with E-state index in [9.17, 15) is 14.0 Å². The van der Waals surface area contributed by atoms with Crippen LogP contribution in [0.25, 0.3) is 0 Å². The smallest absolute Gasteiger partial charge is 0.252 e. The first-order chi connectivity index (χ1) is 12.0. The van der Waals surface area contributed by atoms with E-state index in [4.69, 9.17) is 23.2 Å². The Bertz CT molecular complexity index is 768. The Morgan fingerprint density at radius 2 is 1.80 bits per heavy atom. The third-order valence-electron chi connectivity index (χ3n) is 3.44. The van der Waals surface area contributed by atoms with E-state index >= 15 is 0 Å². The first kappa shape index (κ1) is 19.2. The lowest BCUT2D eigenvalue weighted by Gasteiger charge is -2.08. The monoisotopic (exact) mass is 382 g/mol. The maximum absolute atomic E-state index is 13.0. The number of hydrogen-bond donors (Lipinski definition) is 2. The summed E-state index contributed by atoms with van der Waals surface area (Å²) in [5.74, 6) is -1.13. The standard InChI is InChI=1S/C18H17Cl2FN2O2/c19-13-3-1-2-12(10-13)6-8-22-17(24)7-9-23-18(25)15-5-4-14(21)11-16(15)20/h1-5,10-11H,6-9H2,(H,22,24)(H,23,25). The van der Waals surface area contributed by atoms with E-state index < -0.39 is 11.7 Å². The van der Waals surface area contributed by atoms with Crippen LogP contribution >= 0.6 is 23.2 Å². The fourth-order valence-electron chi connectivity index (χ4n) is 2.19. The zero-order valence-corrected chi connectivity index (χ0v) is 14.8. The van der Waals surface area contributed by atoms with Crippen molar-refractivity contribution in [3.05, 3.63) is 69.5 Å². The summed E-state index contributed by atoms with van der Waals surface area (Å²) in [6.07, 6.45) is 0.809. The SMILES string of the molecule is O=C(CCNC(=O)c1ccc(F)cc1Cl)NCCc1cccc(Cl)c1. The molecule has 0 heterocycles. The minimum Gasteiger partial charge on any atom is -0.356 e. The van der Waals surface area contributed by atoms with Crippen LogP contribution in [0.2, 0.25) is 10.0 Å². The van der Waals surface area contributed by atoms with Crippen LogP contribution < -0.4 is 10.6 Å². The second kappa shape index (κ2) is 9.39. The number of nitrogens with one attached hydrogen (secondary N) is 2. The summed E-state index contributed by atoms with van der Waals surface area (Å²) in [6.45, 7) is 0.645. The number of halogens is 3. The van der Waals surface area contributed by atoms with Gasteiger partial charge in [-0.05, 0) is 42.3 Å². The van der Waals surface area contributed by atoms with Crippen molar-refractivity contribution in [1.29, 1.82) is 0 Å². The van der Waals surface area contributed by atoms with Crippen LogP contribution in [0.4, 0.5) is 4.39 Å². The number of hydrogen-bond acceptors (Lipinski definition) is 2. The molecule has 0 saturated heterocycles.